The third-order valence-electron chi connectivity index (χ3n) is 7.47. The van der Waals surface area contributed by atoms with Crippen LogP contribution in [0.15, 0.2) is 119 Å². The maximum absolute atomic E-state index is 14.4. The lowest BCUT2D eigenvalue weighted by molar-refractivity contribution is -0.384. The van der Waals surface area contributed by atoms with Crippen LogP contribution in [-0.2, 0) is 14.6 Å². The number of nitrogens with one attached hydrogen (secondary N) is 1. The van der Waals surface area contributed by atoms with Crippen molar-refractivity contribution in [2.45, 2.75) is 29.7 Å². The Balaban J connectivity index is 1.59. The number of carbonyl (C=O) groups is 1. The quantitative estimate of drug-likeness (QED) is 0.111. The monoisotopic (exact) mass is 617 g/mol. The molecule has 0 aliphatic carbocycles. The van der Waals surface area contributed by atoms with Gasteiger partial charge in [-0.3, -0.25) is 14.9 Å². The van der Waals surface area contributed by atoms with Crippen LogP contribution < -0.4 is 5.32 Å². The van der Waals surface area contributed by atoms with Gasteiger partial charge in [0.25, 0.3) is 5.69 Å². The minimum Gasteiger partial charge on any atom is -0.307 e. The van der Waals surface area contributed by atoms with Crippen LogP contribution in [0, 0.1) is 17.0 Å². The number of hydrogen-bond donors (Lipinski definition) is 1. The van der Waals surface area contributed by atoms with E-state index in [2.05, 4.69) is 5.32 Å². The molecule has 11 heteroatoms. The third kappa shape index (κ3) is 5.68. The number of aromatic nitrogens is 3. The zero-order chi connectivity index (χ0) is 31.7. The minimum absolute atomic E-state index is 0.00549. The van der Waals surface area contributed by atoms with E-state index in [1.54, 1.807) is 41.0 Å². The highest BCUT2D eigenvalue weighted by molar-refractivity contribution is 7.92. The molecule has 0 saturated carbocycles. The molecule has 0 spiro atoms. The molecule has 0 fully saturated rings. The van der Waals surface area contributed by atoms with Crippen molar-refractivity contribution in [2.24, 2.45) is 0 Å². The molecule has 10 nitrogen and oxygen atoms in total. The molecule has 2 aromatic heterocycles. The molecule has 224 valence electrons. The number of hydrogen-bond acceptors (Lipinski definition) is 7. The number of nitrogens with zero attached hydrogens (tertiary/aromatic N) is 4. The summed E-state index contributed by atoms with van der Waals surface area (Å²) >= 11 is 0. The smallest absolute Gasteiger partial charge is 0.270 e. The second-order valence-electron chi connectivity index (χ2n) is 10.5. The Bertz CT molecular complexity index is 2230. The summed E-state index contributed by atoms with van der Waals surface area (Å²) in [5, 5.41) is 14.0. The summed E-state index contributed by atoms with van der Waals surface area (Å²) in [4.78, 5) is 33.7. The molecule has 2 heterocycles. The molecular formula is C34H27N5O5S. The van der Waals surface area contributed by atoms with Gasteiger partial charge in [0.15, 0.2) is 5.65 Å². The molecule has 0 bridgehead atoms. The fraction of sp³-hybridized carbons (Fsp3) is 0.0882. The number of sulfone groups is 1. The molecule has 0 aliphatic heterocycles. The first kappa shape index (κ1) is 29.4. The summed E-state index contributed by atoms with van der Waals surface area (Å²) in [7, 11) is -4.24. The molecule has 1 atom stereocenters. The van der Waals surface area contributed by atoms with E-state index in [0.717, 1.165) is 11.1 Å². The van der Waals surface area contributed by atoms with Crippen LogP contribution in [0.3, 0.4) is 0 Å². The molecule has 45 heavy (non-hydrogen) atoms. The van der Waals surface area contributed by atoms with E-state index in [0.29, 0.717) is 16.6 Å². The van der Waals surface area contributed by atoms with Gasteiger partial charge in [0.05, 0.1) is 26.9 Å². The Morgan fingerprint density at radius 3 is 2.27 bits per heavy atom. The number of benzene rings is 4. The molecule has 0 aliphatic rings. The van der Waals surface area contributed by atoms with Crippen LogP contribution in [0.1, 0.15) is 29.7 Å². The number of rotatable bonds is 8. The number of aryl methyl sites for hydroxylation is 1. The van der Waals surface area contributed by atoms with E-state index in [4.69, 9.17) is 9.97 Å². The largest absolute Gasteiger partial charge is 0.307 e. The number of amides is 1. The van der Waals surface area contributed by atoms with Gasteiger partial charge >= 0.3 is 0 Å². The van der Waals surface area contributed by atoms with Gasteiger partial charge in [-0.05, 0) is 55.3 Å². The summed E-state index contributed by atoms with van der Waals surface area (Å²) in [6.45, 7) is 3.75. The van der Waals surface area contributed by atoms with Crippen molar-refractivity contribution in [1.29, 1.82) is 0 Å². The second-order valence-corrected chi connectivity index (χ2v) is 12.4. The molecular weight excluding hydrogens is 590 g/mol. The van der Waals surface area contributed by atoms with Crippen molar-refractivity contribution < 1.29 is 18.1 Å². The van der Waals surface area contributed by atoms with Gasteiger partial charge in [-0.25, -0.2) is 18.4 Å². The highest BCUT2D eigenvalue weighted by Gasteiger charge is 2.34. The zero-order valence-corrected chi connectivity index (χ0v) is 25.1. The Morgan fingerprint density at radius 1 is 0.911 bits per heavy atom. The Kier molecular flexibility index (Phi) is 7.69. The summed E-state index contributed by atoms with van der Waals surface area (Å²) in [6.07, 6.45) is 2.63. The highest BCUT2D eigenvalue weighted by atomic mass is 32.2. The van der Waals surface area contributed by atoms with E-state index < -0.39 is 26.7 Å². The normalized spacial score (nSPS) is 12.5. The van der Waals surface area contributed by atoms with E-state index in [1.165, 1.54) is 42.5 Å². The van der Waals surface area contributed by atoms with E-state index >= 15 is 0 Å². The summed E-state index contributed by atoms with van der Waals surface area (Å²) in [5.74, 6) is -0.637. The van der Waals surface area contributed by atoms with Crippen LogP contribution in [-0.4, -0.2) is 33.8 Å². The Morgan fingerprint density at radius 2 is 1.58 bits per heavy atom. The zero-order valence-electron chi connectivity index (χ0n) is 24.3. The molecule has 1 amide bonds. The van der Waals surface area contributed by atoms with Crippen molar-refractivity contribution in [3.8, 4) is 0 Å². The van der Waals surface area contributed by atoms with Gasteiger partial charge in [0, 0.05) is 18.2 Å². The van der Waals surface area contributed by atoms with Crippen molar-refractivity contribution in [3.63, 3.8) is 0 Å². The molecule has 1 unspecified atom stereocenters. The van der Waals surface area contributed by atoms with Gasteiger partial charge in [-0.15, -0.1) is 0 Å². The van der Waals surface area contributed by atoms with Crippen LogP contribution in [0.5, 0.6) is 0 Å². The average molecular weight is 618 g/mol. The number of nitro groups is 1. The summed E-state index contributed by atoms with van der Waals surface area (Å²) < 4.78 is 30.6. The van der Waals surface area contributed by atoms with Gasteiger partial charge < -0.3 is 9.88 Å². The number of anilines is 1. The number of nitro benzene ring substituents is 1. The lowest BCUT2D eigenvalue weighted by Crippen LogP contribution is -2.18. The van der Waals surface area contributed by atoms with Crippen LogP contribution in [0.25, 0.3) is 28.3 Å². The van der Waals surface area contributed by atoms with Gasteiger partial charge in [-0.1, -0.05) is 72.3 Å². The van der Waals surface area contributed by atoms with Gasteiger partial charge in [0.2, 0.25) is 15.7 Å². The number of fused-ring (bicyclic) bond motifs is 2. The van der Waals surface area contributed by atoms with Crippen LogP contribution in [0.4, 0.5) is 11.5 Å². The predicted octanol–water partition coefficient (Wildman–Crippen LogP) is 6.90. The van der Waals surface area contributed by atoms with Crippen LogP contribution >= 0.6 is 0 Å². The maximum Gasteiger partial charge on any atom is 0.270 e. The fourth-order valence-corrected chi connectivity index (χ4v) is 6.70. The average Bonchev–Trinajstić information content (AvgIpc) is 3.35. The predicted molar refractivity (Wildman–Crippen MR) is 173 cm³/mol. The number of para-hydroxylation sites is 2. The van der Waals surface area contributed by atoms with Crippen molar-refractivity contribution in [1.82, 2.24) is 14.5 Å². The first-order valence-corrected chi connectivity index (χ1v) is 15.5. The van der Waals surface area contributed by atoms with Crippen LogP contribution in [0.2, 0.25) is 0 Å². The fourth-order valence-electron chi connectivity index (χ4n) is 5.18. The van der Waals surface area contributed by atoms with Crippen molar-refractivity contribution >= 4 is 55.5 Å². The lowest BCUT2D eigenvalue weighted by Gasteiger charge is -2.19. The molecule has 4 aromatic carbocycles. The molecule has 0 radical (unpaired) electrons. The molecule has 6 aromatic rings. The third-order valence-corrected chi connectivity index (χ3v) is 9.29. The topological polar surface area (TPSA) is 137 Å². The number of non-ortho nitro benzene ring substituents is 1. The minimum atomic E-state index is -4.24. The molecule has 1 N–H and O–H groups in total. The first-order valence-electron chi connectivity index (χ1n) is 14.0. The Labute approximate surface area is 258 Å². The second kappa shape index (κ2) is 11.8. The van der Waals surface area contributed by atoms with Crippen molar-refractivity contribution in [2.75, 3.05) is 5.32 Å². The molecule has 6 rings (SSSR count). The van der Waals surface area contributed by atoms with E-state index in [9.17, 15) is 23.3 Å². The summed E-state index contributed by atoms with van der Waals surface area (Å²) in [6, 6.07) is 28.4. The van der Waals surface area contributed by atoms with Gasteiger partial charge in [0.1, 0.15) is 16.2 Å². The standard InChI is InChI=1S/C34H27N5O5S/c1-22-15-18-27(19-16-22)45(43,44)32-31-33(36-29-14-7-6-13-28(29)35-31)38(23(2)25-10-4-3-5-11-25)34(32)37-30(40)20-17-24-9-8-12-26(21-24)39(41)42/h3-21,23H,1-2H3,(H,37,40). The SMILES string of the molecule is Cc1ccc(S(=O)(=O)c2c(NC(=O)C=Cc3cccc([N+](=O)[O-])c3)n(C(C)c3ccccc3)c3nc4ccccc4nc23)cc1. The highest BCUT2D eigenvalue weighted by Crippen LogP contribution is 2.40. The van der Waals surface area contributed by atoms with Crippen molar-refractivity contribution in [3.05, 3.63) is 136 Å². The van der Waals surface area contributed by atoms with Gasteiger partial charge in [-0.2, -0.15) is 0 Å². The first-order chi connectivity index (χ1) is 21.6. The molecule has 0 saturated heterocycles. The van der Waals surface area contributed by atoms with E-state index in [1.807, 2.05) is 50.2 Å². The Hall–Kier alpha value is -5.68. The maximum atomic E-state index is 14.4. The van der Waals surface area contributed by atoms with E-state index in [-0.39, 0.29) is 32.5 Å². The summed E-state index contributed by atoms with van der Waals surface area (Å²) in [5.41, 5.74) is 3.52. The lowest BCUT2D eigenvalue weighted by atomic mass is 10.1. The number of carbonyl (C=O) groups excluding carboxylic acids is 1.